The van der Waals surface area contributed by atoms with E-state index in [2.05, 4.69) is 4.98 Å². The van der Waals surface area contributed by atoms with Crippen LogP contribution < -0.4 is 11.2 Å². The minimum atomic E-state index is -1.12. The van der Waals surface area contributed by atoms with Gasteiger partial charge in [-0.3, -0.25) is 14.3 Å². The second-order valence-electron chi connectivity index (χ2n) is 4.81. The van der Waals surface area contributed by atoms with E-state index in [0.717, 1.165) is 4.57 Å². The van der Waals surface area contributed by atoms with Gasteiger partial charge in [-0.25, -0.2) is 4.79 Å². The maximum absolute atomic E-state index is 13.5. The van der Waals surface area contributed by atoms with Crippen molar-refractivity contribution in [1.29, 1.82) is 0 Å². The minimum Gasteiger partial charge on any atom is -0.307 e. The fourth-order valence-corrected chi connectivity index (χ4v) is 1.93. The van der Waals surface area contributed by atoms with Crippen LogP contribution >= 0.6 is 11.6 Å². The van der Waals surface area contributed by atoms with E-state index in [1.807, 2.05) is 32.8 Å². The Morgan fingerprint density at radius 1 is 1.39 bits per heavy atom. The first-order valence-electron chi connectivity index (χ1n) is 5.60. The van der Waals surface area contributed by atoms with E-state index in [-0.39, 0.29) is 5.92 Å². The first-order chi connectivity index (χ1) is 8.25. The van der Waals surface area contributed by atoms with Gasteiger partial charge in [0.15, 0.2) is 5.15 Å². The molecule has 0 aromatic carbocycles. The zero-order chi connectivity index (χ0) is 14.0. The van der Waals surface area contributed by atoms with Crippen molar-refractivity contribution in [2.45, 2.75) is 19.9 Å². The Morgan fingerprint density at radius 2 is 1.94 bits per heavy atom. The lowest BCUT2D eigenvalue weighted by molar-refractivity contribution is 0.255. The lowest BCUT2D eigenvalue weighted by atomic mass is 10.0. The van der Waals surface area contributed by atoms with E-state index in [1.165, 1.54) is 0 Å². The molecule has 5 nitrogen and oxygen atoms in total. The molecule has 1 unspecified atom stereocenters. The minimum absolute atomic E-state index is 0.00627. The predicted molar refractivity (Wildman–Crippen MR) is 68.7 cm³/mol. The summed E-state index contributed by atoms with van der Waals surface area (Å²) in [6.07, 6.45) is 0. The van der Waals surface area contributed by atoms with Crippen LogP contribution in [0.5, 0.6) is 0 Å². The average Bonchev–Trinajstić information content (AvgIpc) is 2.24. The molecular formula is C11H17ClFN3O2. The molecule has 1 rings (SSSR count). The van der Waals surface area contributed by atoms with Crippen LogP contribution in [-0.4, -0.2) is 35.1 Å². The summed E-state index contributed by atoms with van der Waals surface area (Å²) in [5.41, 5.74) is -1.67. The van der Waals surface area contributed by atoms with E-state index >= 15 is 0 Å². The third-order valence-corrected chi connectivity index (χ3v) is 2.95. The van der Waals surface area contributed by atoms with Crippen LogP contribution in [0.15, 0.2) is 9.59 Å². The number of halogens is 2. The molecule has 0 aliphatic carbocycles. The highest BCUT2D eigenvalue weighted by Gasteiger charge is 2.23. The van der Waals surface area contributed by atoms with Crippen molar-refractivity contribution < 1.29 is 4.39 Å². The van der Waals surface area contributed by atoms with Gasteiger partial charge >= 0.3 is 5.69 Å². The second kappa shape index (κ2) is 5.67. The van der Waals surface area contributed by atoms with Crippen LogP contribution in [-0.2, 0) is 0 Å². The molecule has 0 radical (unpaired) electrons. The number of likely N-dealkylation sites (N-methyl/N-ethyl adjacent to an activating group) is 1. The molecule has 1 atom stereocenters. The number of nitrogens with zero attached hydrogens (tertiary/aromatic N) is 2. The highest BCUT2D eigenvalue weighted by molar-refractivity contribution is 6.29. The van der Waals surface area contributed by atoms with E-state index in [4.69, 9.17) is 11.6 Å². The Balaban J connectivity index is 3.42. The molecule has 0 fully saturated rings. The Kier molecular flexibility index (Phi) is 4.70. The van der Waals surface area contributed by atoms with E-state index in [1.54, 1.807) is 0 Å². The largest absolute Gasteiger partial charge is 0.329 e. The molecule has 102 valence electrons. The second-order valence-corrected chi connectivity index (χ2v) is 5.18. The van der Waals surface area contributed by atoms with E-state index in [0.29, 0.717) is 6.54 Å². The molecule has 0 saturated heterocycles. The van der Waals surface area contributed by atoms with E-state index < -0.39 is 28.3 Å². The lowest BCUT2D eigenvalue weighted by Crippen LogP contribution is -2.44. The third-order valence-electron chi connectivity index (χ3n) is 2.69. The van der Waals surface area contributed by atoms with Gasteiger partial charge in [0, 0.05) is 6.54 Å². The molecule has 0 aliphatic heterocycles. The van der Waals surface area contributed by atoms with Crippen molar-refractivity contribution in [3.8, 4) is 0 Å². The molecule has 7 heteroatoms. The maximum atomic E-state index is 13.5. The first kappa shape index (κ1) is 14.9. The van der Waals surface area contributed by atoms with Gasteiger partial charge in [-0.1, -0.05) is 25.4 Å². The quantitative estimate of drug-likeness (QED) is 0.838. The van der Waals surface area contributed by atoms with Gasteiger partial charge in [0.05, 0.1) is 6.04 Å². The molecular weight excluding hydrogens is 261 g/mol. The summed E-state index contributed by atoms with van der Waals surface area (Å²) in [6, 6.07) is -0.414. The van der Waals surface area contributed by atoms with Crippen LogP contribution in [0.4, 0.5) is 4.39 Å². The highest BCUT2D eigenvalue weighted by Crippen LogP contribution is 2.15. The van der Waals surface area contributed by atoms with Gasteiger partial charge in [-0.15, -0.1) is 0 Å². The molecule has 1 aromatic rings. The number of hydrogen-bond acceptors (Lipinski definition) is 3. The number of rotatable bonds is 4. The zero-order valence-corrected chi connectivity index (χ0v) is 11.6. The zero-order valence-electron chi connectivity index (χ0n) is 10.8. The summed E-state index contributed by atoms with van der Waals surface area (Å²) < 4.78 is 14.4. The van der Waals surface area contributed by atoms with Crippen molar-refractivity contribution in [3.05, 3.63) is 31.8 Å². The van der Waals surface area contributed by atoms with Crippen LogP contribution in [0.2, 0.25) is 5.15 Å². The number of hydrogen-bond donors (Lipinski definition) is 1. The Hall–Kier alpha value is -1.14. The van der Waals surface area contributed by atoms with Crippen LogP contribution in [0.25, 0.3) is 0 Å². The van der Waals surface area contributed by atoms with Gasteiger partial charge in [-0.05, 0) is 20.0 Å². The Morgan fingerprint density at radius 3 is 2.39 bits per heavy atom. The topological polar surface area (TPSA) is 58.1 Å². The predicted octanol–water partition coefficient (Wildman–Crippen LogP) is 1.09. The SMILES string of the molecule is CC(C)C(CN(C)C)n1c(=O)[nH]c(Cl)c(F)c1=O. The van der Waals surface area contributed by atoms with Gasteiger partial charge in [-0.2, -0.15) is 4.39 Å². The van der Waals surface area contributed by atoms with Crippen molar-refractivity contribution in [3.63, 3.8) is 0 Å². The molecule has 0 amide bonds. The smallest absolute Gasteiger partial charge is 0.307 e. The van der Waals surface area contributed by atoms with Crippen LogP contribution in [0.3, 0.4) is 0 Å². The summed E-state index contributed by atoms with van der Waals surface area (Å²) in [4.78, 5) is 27.6. The number of aromatic amines is 1. The normalized spacial score (nSPS) is 13.3. The maximum Gasteiger partial charge on any atom is 0.329 e. The molecule has 0 spiro atoms. The molecule has 1 N–H and O–H groups in total. The van der Waals surface area contributed by atoms with Gasteiger partial charge in [0.25, 0.3) is 5.56 Å². The molecule has 1 heterocycles. The summed E-state index contributed by atoms with van der Waals surface area (Å²) in [7, 11) is 3.64. The van der Waals surface area contributed by atoms with Crippen molar-refractivity contribution in [2.24, 2.45) is 5.92 Å². The molecule has 18 heavy (non-hydrogen) atoms. The summed E-state index contributed by atoms with van der Waals surface area (Å²) in [5.74, 6) is -1.12. The monoisotopic (exact) mass is 277 g/mol. The summed E-state index contributed by atoms with van der Waals surface area (Å²) >= 11 is 5.43. The summed E-state index contributed by atoms with van der Waals surface area (Å²) in [5, 5.41) is -0.548. The van der Waals surface area contributed by atoms with Crippen molar-refractivity contribution in [1.82, 2.24) is 14.5 Å². The molecule has 0 saturated carbocycles. The van der Waals surface area contributed by atoms with Gasteiger partial charge in [0.1, 0.15) is 0 Å². The number of nitrogens with one attached hydrogen (secondary N) is 1. The molecule has 0 aliphatic rings. The number of H-pyrrole nitrogens is 1. The lowest BCUT2D eigenvalue weighted by Gasteiger charge is -2.25. The molecule has 0 bridgehead atoms. The van der Waals surface area contributed by atoms with Crippen molar-refractivity contribution >= 4 is 11.6 Å². The fraction of sp³-hybridized carbons (Fsp3) is 0.636. The first-order valence-corrected chi connectivity index (χ1v) is 5.98. The van der Waals surface area contributed by atoms with Crippen LogP contribution in [0, 0.1) is 11.7 Å². The third kappa shape index (κ3) is 3.00. The summed E-state index contributed by atoms with van der Waals surface area (Å²) in [6.45, 7) is 4.20. The number of aromatic nitrogens is 2. The van der Waals surface area contributed by atoms with Gasteiger partial charge in [0.2, 0.25) is 5.82 Å². The molecule has 1 aromatic heterocycles. The fourth-order valence-electron chi connectivity index (χ4n) is 1.77. The van der Waals surface area contributed by atoms with Crippen LogP contribution in [0.1, 0.15) is 19.9 Å². The van der Waals surface area contributed by atoms with Crippen molar-refractivity contribution in [2.75, 3.05) is 20.6 Å². The highest BCUT2D eigenvalue weighted by atomic mass is 35.5. The Bertz CT molecular complexity index is 536. The average molecular weight is 278 g/mol. The Labute approximate surface area is 109 Å². The standard InChI is InChI=1S/C11H17ClFN3O2/c1-6(2)7(5-15(3)4)16-10(17)8(13)9(12)14-11(16)18/h6-7H,5H2,1-4H3,(H,14,18). The van der Waals surface area contributed by atoms with Gasteiger partial charge < -0.3 is 4.90 Å². The van der Waals surface area contributed by atoms with E-state index in [9.17, 15) is 14.0 Å².